The highest BCUT2D eigenvalue weighted by Gasteiger charge is 2.19. The lowest BCUT2D eigenvalue weighted by atomic mass is 10.1. The number of hydrogen-bond donors (Lipinski definition) is 2. The summed E-state index contributed by atoms with van der Waals surface area (Å²) in [6, 6.07) is 0.960. The van der Waals surface area contributed by atoms with E-state index in [1.54, 1.807) is 12.3 Å². The van der Waals surface area contributed by atoms with Gasteiger partial charge in [0.2, 0.25) is 5.88 Å². The van der Waals surface area contributed by atoms with Crippen LogP contribution < -0.4 is 10.5 Å². The van der Waals surface area contributed by atoms with Crippen LogP contribution in [-0.2, 0) is 4.79 Å². The van der Waals surface area contributed by atoms with Gasteiger partial charge >= 0.3 is 5.97 Å². The van der Waals surface area contributed by atoms with Gasteiger partial charge in [0.05, 0.1) is 0 Å². The van der Waals surface area contributed by atoms with Gasteiger partial charge in [0, 0.05) is 12.3 Å². The number of hydrogen-bond acceptors (Lipinski definition) is 4. The van der Waals surface area contributed by atoms with Crippen LogP contribution in [0.15, 0.2) is 12.3 Å². The Hall–Kier alpha value is -1.36. The molecule has 5 nitrogen and oxygen atoms in total. The number of rotatable bonds is 3. The number of aromatic nitrogens is 2. The molecule has 0 aliphatic rings. The first-order valence-corrected chi connectivity index (χ1v) is 4.08. The number of aromatic amines is 1. The first kappa shape index (κ1) is 9.73. The third kappa shape index (κ3) is 2.55. The third-order valence-corrected chi connectivity index (χ3v) is 1.67. The Kier molecular flexibility index (Phi) is 3.02. The fourth-order valence-electron chi connectivity index (χ4n) is 0.747. The largest absolute Gasteiger partial charge is 0.405 e. The SMILES string of the molecule is CC(C)[C@@H](N)C(=O)Oc1cc[nH]n1. The first-order chi connectivity index (χ1) is 6.11. The molecular formula is C8H13N3O2. The Bertz CT molecular complexity index is 269. The molecule has 1 aromatic rings. The van der Waals surface area contributed by atoms with Crippen LogP contribution in [-0.4, -0.2) is 22.2 Å². The fraction of sp³-hybridized carbons (Fsp3) is 0.500. The summed E-state index contributed by atoms with van der Waals surface area (Å²) < 4.78 is 4.87. The molecule has 0 aromatic carbocycles. The molecule has 0 aliphatic carbocycles. The number of H-pyrrole nitrogens is 1. The van der Waals surface area contributed by atoms with Crippen molar-refractivity contribution in [2.24, 2.45) is 11.7 Å². The topological polar surface area (TPSA) is 81.0 Å². The summed E-state index contributed by atoms with van der Waals surface area (Å²) in [6.45, 7) is 3.72. The van der Waals surface area contributed by atoms with Crippen LogP contribution in [0.25, 0.3) is 0 Å². The summed E-state index contributed by atoms with van der Waals surface area (Å²) >= 11 is 0. The lowest BCUT2D eigenvalue weighted by Crippen LogP contribution is -2.38. The zero-order valence-corrected chi connectivity index (χ0v) is 7.65. The molecule has 13 heavy (non-hydrogen) atoms. The lowest BCUT2D eigenvalue weighted by molar-refractivity contribution is -0.137. The van der Waals surface area contributed by atoms with Crippen molar-refractivity contribution in [1.82, 2.24) is 10.2 Å². The van der Waals surface area contributed by atoms with E-state index in [0.717, 1.165) is 0 Å². The molecule has 1 heterocycles. The van der Waals surface area contributed by atoms with Gasteiger partial charge in [0.15, 0.2) is 0 Å². The fourth-order valence-corrected chi connectivity index (χ4v) is 0.747. The summed E-state index contributed by atoms with van der Waals surface area (Å²) in [5, 5.41) is 6.21. The molecule has 0 fully saturated rings. The number of nitrogens with zero attached hydrogens (tertiary/aromatic N) is 1. The van der Waals surface area contributed by atoms with Crippen molar-refractivity contribution in [1.29, 1.82) is 0 Å². The van der Waals surface area contributed by atoms with E-state index in [0.29, 0.717) is 0 Å². The number of esters is 1. The molecule has 0 saturated carbocycles. The van der Waals surface area contributed by atoms with Crippen molar-refractivity contribution in [3.63, 3.8) is 0 Å². The van der Waals surface area contributed by atoms with Crippen molar-refractivity contribution >= 4 is 5.97 Å². The summed E-state index contributed by atoms with van der Waals surface area (Å²) in [5.74, 6) is -0.144. The Labute approximate surface area is 76.3 Å². The zero-order valence-electron chi connectivity index (χ0n) is 7.65. The van der Waals surface area contributed by atoms with Crippen LogP contribution >= 0.6 is 0 Å². The highest BCUT2D eigenvalue weighted by molar-refractivity contribution is 5.77. The minimum absolute atomic E-state index is 0.0615. The maximum absolute atomic E-state index is 11.3. The van der Waals surface area contributed by atoms with Gasteiger partial charge in [-0.3, -0.25) is 5.10 Å². The molecule has 0 unspecified atom stereocenters. The van der Waals surface area contributed by atoms with E-state index in [1.165, 1.54) is 0 Å². The van der Waals surface area contributed by atoms with Gasteiger partial charge in [-0.25, -0.2) is 4.79 Å². The van der Waals surface area contributed by atoms with Crippen LogP contribution in [0.1, 0.15) is 13.8 Å². The summed E-state index contributed by atoms with van der Waals surface area (Å²) in [6.07, 6.45) is 1.57. The monoisotopic (exact) mass is 183 g/mol. The lowest BCUT2D eigenvalue weighted by Gasteiger charge is -2.12. The second-order valence-corrected chi connectivity index (χ2v) is 3.10. The Morgan fingerprint density at radius 1 is 1.69 bits per heavy atom. The molecule has 1 atom stereocenters. The van der Waals surface area contributed by atoms with E-state index in [2.05, 4.69) is 10.2 Å². The molecule has 0 spiro atoms. The van der Waals surface area contributed by atoms with E-state index in [4.69, 9.17) is 10.5 Å². The highest BCUT2D eigenvalue weighted by Crippen LogP contribution is 2.06. The molecule has 0 bridgehead atoms. The zero-order chi connectivity index (χ0) is 9.84. The number of ether oxygens (including phenoxy) is 1. The summed E-state index contributed by atoms with van der Waals surface area (Å²) in [5.41, 5.74) is 5.56. The second kappa shape index (κ2) is 4.04. The van der Waals surface area contributed by atoms with E-state index in [9.17, 15) is 4.79 Å². The molecule has 0 saturated heterocycles. The minimum atomic E-state index is -0.600. The van der Waals surface area contributed by atoms with Gasteiger partial charge in [0.25, 0.3) is 0 Å². The van der Waals surface area contributed by atoms with Crippen molar-refractivity contribution in [2.75, 3.05) is 0 Å². The minimum Gasteiger partial charge on any atom is -0.405 e. The highest BCUT2D eigenvalue weighted by atomic mass is 16.5. The Balaban J connectivity index is 2.51. The van der Waals surface area contributed by atoms with Gasteiger partial charge in [-0.1, -0.05) is 13.8 Å². The van der Waals surface area contributed by atoms with Crippen LogP contribution in [0, 0.1) is 5.92 Å². The van der Waals surface area contributed by atoms with E-state index in [1.807, 2.05) is 13.8 Å². The second-order valence-electron chi connectivity index (χ2n) is 3.10. The normalized spacial score (nSPS) is 12.9. The molecule has 3 N–H and O–H groups in total. The first-order valence-electron chi connectivity index (χ1n) is 4.08. The molecule has 1 rings (SSSR count). The Morgan fingerprint density at radius 3 is 2.85 bits per heavy atom. The number of nitrogens with one attached hydrogen (secondary N) is 1. The standard InChI is InChI=1S/C8H13N3O2/c1-5(2)7(9)8(12)13-6-3-4-10-11-6/h3-5,7H,9H2,1-2H3,(H,10,11)/t7-/m1/s1. The van der Waals surface area contributed by atoms with Crippen molar-refractivity contribution in [3.8, 4) is 5.88 Å². The predicted molar refractivity (Wildman–Crippen MR) is 47.0 cm³/mol. The molecule has 0 aliphatic heterocycles. The van der Waals surface area contributed by atoms with Gasteiger partial charge in [-0.05, 0) is 5.92 Å². The average Bonchev–Trinajstić information content (AvgIpc) is 2.55. The summed E-state index contributed by atoms with van der Waals surface area (Å²) in [4.78, 5) is 11.3. The van der Waals surface area contributed by atoms with Crippen molar-refractivity contribution in [3.05, 3.63) is 12.3 Å². The van der Waals surface area contributed by atoms with Gasteiger partial charge < -0.3 is 10.5 Å². The van der Waals surface area contributed by atoms with E-state index in [-0.39, 0.29) is 11.8 Å². The molecule has 72 valence electrons. The molecule has 5 heteroatoms. The molecule has 0 radical (unpaired) electrons. The van der Waals surface area contributed by atoms with Crippen LogP contribution in [0.5, 0.6) is 5.88 Å². The average molecular weight is 183 g/mol. The van der Waals surface area contributed by atoms with Crippen LogP contribution in [0.2, 0.25) is 0 Å². The molecule has 1 aromatic heterocycles. The van der Waals surface area contributed by atoms with Crippen molar-refractivity contribution < 1.29 is 9.53 Å². The molecular weight excluding hydrogens is 170 g/mol. The maximum Gasteiger partial charge on any atom is 0.329 e. The van der Waals surface area contributed by atoms with Gasteiger partial charge in [-0.15, -0.1) is 5.10 Å². The summed E-state index contributed by atoms with van der Waals surface area (Å²) in [7, 11) is 0. The van der Waals surface area contributed by atoms with E-state index < -0.39 is 12.0 Å². The van der Waals surface area contributed by atoms with Gasteiger partial charge in [0.1, 0.15) is 6.04 Å². The number of carbonyl (C=O) groups excluding carboxylic acids is 1. The number of carbonyl (C=O) groups is 1. The third-order valence-electron chi connectivity index (χ3n) is 1.67. The Morgan fingerprint density at radius 2 is 2.38 bits per heavy atom. The number of nitrogens with two attached hydrogens (primary N) is 1. The molecule has 0 amide bonds. The predicted octanol–water partition coefficient (Wildman–Crippen LogP) is 0.298. The maximum atomic E-state index is 11.3. The quantitative estimate of drug-likeness (QED) is 0.660. The van der Waals surface area contributed by atoms with E-state index >= 15 is 0 Å². The van der Waals surface area contributed by atoms with Crippen molar-refractivity contribution in [2.45, 2.75) is 19.9 Å². The van der Waals surface area contributed by atoms with Crippen LogP contribution in [0.3, 0.4) is 0 Å². The van der Waals surface area contributed by atoms with Crippen LogP contribution in [0.4, 0.5) is 0 Å². The smallest absolute Gasteiger partial charge is 0.329 e. The van der Waals surface area contributed by atoms with Gasteiger partial charge in [-0.2, -0.15) is 0 Å².